The Kier molecular flexibility index (Phi) is 13.7. The number of anilines is 4. The van der Waals surface area contributed by atoms with E-state index in [4.69, 9.17) is 9.72 Å². The van der Waals surface area contributed by atoms with Crippen molar-refractivity contribution in [1.29, 1.82) is 0 Å². The minimum Gasteiger partial charge on any atom is -0.457 e. The van der Waals surface area contributed by atoms with E-state index < -0.39 is 22.9 Å². The van der Waals surface area contributed by atoms with Crippen molar-refractivity contribution in [1.82, 2.24) is 9.55 Å². The Hall–Kier alpha value is -8.88. The summed E-state index contributed by atoms with van der Waals surface area (Å²) < 4.78 is 57.8. The maximum absolute atomic E-state index is 16.7. The Balaban J connectivity index is 1.05. The summed E-state index contributed by atoms with van der Waals surface area (Å²) in [6.07, 6.45) is 1.89. The first-order chi connectivity index (χ1) is 39.3. The second kappa shape index (κ2) is 20.9. The van der Waals surface area contributed by atoms with Gasteiger partial charge in [0.2, 0.25) is 0 Å². The molecule has 0 N–H and O–H groups in total. The summed E-state index contributed by atoms with van der Waals surface area (Å²) in [7, 11) is 0. The summed E-state index contributed by atoms with van der Waals surface area (Å²) in [6, 6.07) is 64.8. The highest BCUT2D eigenvalue weighted by molar-refractivity contribution is 6.09. The molecule has 12 rings (SSSR count). The second-order valence-corrected chi connectivity index (χ2v) is 24.5. The zero-order valence-corrected chi connectivity index (χ0v) is 48.2. The van der Waals surface area contributed by atoms with Crippen LogP contribution in [0.4, 0.5) is 35.9 Å². The first-order valence-electron chi connectivity index (χ1n) is 28.4. The molecule has 0 bridgehead atoms. The topological polar surface area (TPSA) is 33.5 Å². The van der Waals surface area contributed by atoms with Crippen LogP contribution in [0, 0.1) is 17.5 Å². The summed E-state index contributed by atoms with van der Waals surface area (Å²) in [6.45, 7) is 22.0. The fourth-order valence-corrected chi connectivity index (χ4v) is 11.5. The van der Waals surface area contributed by atoms with Gasteiger partial charge in [0.15, 0.2) is 0 Å². The molecule has 0 saturated heterocycles. The smallest absolute Gasteiger partial charge is 0.137 e. The predicted octanol–water partition coefficient (Wildman–Crippen LogP) is 21.1. The Morgan fingerprint density at radius 3 is 1.71 bits per heavy atom. The molecule has 0 amide bonds. The van der Waals surface area contributed by atoms with Crippen molar-refractivity contribution in [3.05, 3.63) is 240 Å². The summed E-state index contributed by atoms with van der Waals surface area (Å²) in [5.74, 6) is -0.426. The molecule has 0 atom stereocenters. The molecule has 2 aromatic heterocycles. The number of para-hydroxylation sites is 3. The average Bonchev–Trinajstić information content (AvgIpc) is 3.60. The predicted molar refractivity (Wildman–Crippen MR) is 334 cm³/mol. The Morgan fingerprint density at radius 1 is 0.463 bits per heavy atom. The van der Waals surface area contributed by atoms with Crippen molar-refractivity contribution in [2.75, 3.05) is 16.5 Å². The third-order valence-electron chi connectivity index (χ3n) is 16.1. The SMILES string of the molecule is CC(C)c1cc(-c2cc(C(C)(C)C)cc(-c3c(F)cc(F)cc3F)c2N2CN(c3cc(Oc4ccc5c6ccccc6n(-c6cc(C(C)(C)C)ccn6)c5c4)cc(-c4ccc(-c5ccccc5)cc4)c3)c3ccccc32)cc(C(C)C)c1. The van der Waals surface area contributed by atoms with Crippen molar-refractivity contribution in [2.45, 2.75) is 91.9 Å². The number of pyridine rings is 1. The lowest BCUT2D eigenvalue weighted by molar-refractivity contribution is 0.483. The maximum atomic E-state index is 16.7. The van der Waals surface area contributed by atoms with Crippen LogP contribution >= 0.6 is 0 Å². The van der Waals surface area contributed by atoms with Gasteiger partial charge in [-0.15, -0.1) is 0 Å². The molecule has 11 aromatic rings. The summed E-state index contributed by atoms with van der Waals surface area (Å²) >= 11 is 0. The van der Waals surface area contributed by atoms with Gasteiger partial charge in [-0.05, 0) is 139 Å². The van der Waals surface area contributed by atoms with E-state index in [1.165, 1.54) is 5.56 Å². The van der Waals surface area contributed by atoms with Gasteiger partial charge >= 0.3 is 0 Å². The van der Waals surface area contributed by atoms with Crippen LogP contribution in [0.3, 0.4) is 0 Å². The van der Waals surface area contributed by atoms with Crippen LogP contribution in [-0.4, -0.2) is 16.2 Å². The number of nitrogens with zero attached hydrogens (tertiary/aromatic N) is 4. The number of rotatable bonds is 11. The quantitative estimate of drug-likeness (QED) is 0.129. The molecule has 0 saturated carbocycles. The molecular formula is C74H67F3N4O. The summed E-state index contributed by atoms with van der Waals surface area (Å²) in [4.78, 5) is 9.35. The minimum absolute atomic E-state index is 0.0843. The molecule has 9 aromatic carbocycles. The monoisotopic (exact) mass is 1080 g/mol. The maximum Gasteiger partial charge on any atom is 0.137 e. The Bertz CT molecular complexity index is 4190. The van der Waals surface area contributed by atoms with E-state index in [0.29, 0.717) is 22.7 Å². The van der Waals surface area contributed by atoms with Gasteiger partial charge in [0.05, 0.1) is 33.7 Å². The first kappa shape index (κ1) is 53.7. The lowest BCUT2D eigenvalue weighted by Crippen LogP contribution is -2.25. The molecule has 0 unspecified atom stereocenters. The van der Waals surface area contributed by atoms with Crippen LogP contribution in [0.15, 0.2) is 200 Å². The first-order valence-corrected chi connectivity index (χ1v) is 28.4. The van der Waals surface area contributed by atoms with E-state index in [0.717, 1.165) is 107 Å². The van der Waals surface area contributed by atoms with E-state index in [9.17, 15) is 4.39 Å². The van der Waals surface area contributed by atoms with E-state index in [1.54, 1.807) is 0 Å². The van der Waals surface area contributed by atoms with Crippen molar-refractivity contribution in [3.63, 3.8) is 0 Å². The molecule has 3 heterocycles. The molecule has 82 heavy (non-hydrogen) atoms. The van der Waals surface area contributed by atoms with Crippen molar-refractivity contribution in [2.24, 2.45) is 0 Å². The molecule has 8 heteroatoms. The Morgan fingerprint density at radius 2 is 1.05 bits per heavy atom. The molecule has 0 aliphatic carbocycles. The number of aromatic nitrogens is 2. The number of fused-ring (bicyclic) bond motifs is 4. The van der Waals surface area contributed by atoms with E-state index >= 15 is 8.78 Å². The van der Waals surface area contributed by atoms with Crippen LogP contribution < -0.4 is 14.5 Å². The van der Waals surface area contributed by atoms with Gasteiger partial charge in [-0.25, -0.2) is 18.2 Å². The van der Waals surface area contributed by atoms with Gasteiger partial charge in [-0.2, -0.15) is 0 Å². The van der Waals surface area contributed by atoms with Crippen molar-refractivity contribution in [3.8, 4) is 61.8 Å². The van der Waals surface area contributed by atoms with Gasteiger partial charge in [0, 0.05) is 58.0 Å². The third-order valence-corrected chi connectivity index (χ3v) is 16.1. The van der Waals surface area contributed by atoms with E-state index in [1.807, 2.05) is 48.7 Å². The molecule has 0 fully saturated rings. The Labute approximate surface area is 479 Å². The van der Waals surface area contributed by atoms with Gasteiger partial charge in [0.1, 0.15) is 41.4 Å². The van der Waals surface area contributed by atoms with Crippen LogP contribution in [0.25, 0.3) is 72.1 Å². The zero-order chi connectivity index (χ0) is 57.4. The lowest BCUT2D eigenvalue weighted by Gasteiger charge is -2.31. The number of halogens is 3. The van der Waals surface area contributed by atoms with E-state index in [2.05, 4.69) is 223 Å². The van der Waals surface area contributed by atoms with Crippen LogP contribution in [-0.2, 0) is 10.8 Å². The molecular weight excluding hydrogens is 1020 g/mol. The zero-order valence-electron chi connectivity index (χ0n) is 48.2. The highest BCUT2D eigenvalue weighted by Gasteiger charge is 2.35. The molecule has 1 aliphatic heterocycles. The van der Waals surface area contributed by atoms with Crippen LogP contribution in [0.2, 0.25) is 0 Å². The van der Waals surface area contributed by atoms with Gasteiger partial charge in [-0.3, -0.25) is 4.57 Å². The normalized spacial score (nSPS) is 12.8. The van der Waals surface area contributed by atoms with E-state index in [-0.39, 0.29) is 29.5 Å². The van der Waals surface area contributed by atoms with Crippen molar-refractivity contribution >= 4 is 44.6 Å². The minimum atomic E-state index is -0.978. The van der Waals surface area contributed by atoms with Gasteiger partial charge in [0.25, 0.3) is 0 Å². The number of ether oxygens (including phenoxy) is 1. The van der Waals surface area contributed by atoms with Crippen LogP contribution in [0.5, 0.6) is 11.5 Å². The van der Waals surface area contributed by atoms with Crippen LogP contribution in [0.1, 0.15) is 103 Å². The molecule has 410 valence electrons. The fourth-order valence-electron chi connectivity index (χ4n) is 11.5. The fraction of sp³-hybridized carbons (Fsp3) is 0.203. The van der Waals surface area contributed by atoms with Gasteiger partial charge < -0.3 is 14.5 Å². The lowest BCUT2D eigenvalue weighted by atomic mass is 9.81. The number of hydrogen-bond donors (Lipinski definition) is 0. The third kappa shape index (κ3) is 10.1. The molecule has 1 aliphatic rings. The number of benzene rings is 9. The molecule has 0 spiro atoms. The molecule has 0 radical (unpaired) electrons. The summed E-state index contributed by atoms with van der Waals surface area (Å²) in [5, 5.41) is 2.20. The highest BCUT2D eigenvalue weighted by Crippen LogP contribution is 2.53. The molecule has 5 nitrogen and oxygen atoms in total. The number of hydrogen-bond acceptors (Lipinski definition) is 4. The summed E-state index contributed by atoms with van der Waals surface area (Å²) in [5.41, 5.74) is 15.0. The largest absolute Gasteiger partial charge is 0.457 e. The highest BCUT2D eigenvalue weighted by atomic mass is 19.1. The standard InChI is InChI=1S/C74H67F3N4O/c1-45(2)50-32-51(46(3)4)34-53(33-50)62-37-55(74(8,9)10)38-63(71-64(76)40-56(75)41-65(71)77)72(62)80-44-79(67-22-16-17-23-68(67)80)57-35-52(49-26-24-48(25-27-49)47-18-12-11-13-19-47)36-59(42-57)82-58-28-29-61-60-20-14-15-21-66(60)81(69(61)43-58)70-39-54(30-31-78-70)73(5,6)7/h11-43,45-46H,44H2,1-10H3. The second-order valence-electron chi connectivity index (χ2n) is 24.5. The van der Waals surface area contributed by atoms with Gasteiger partial charge in [-0.1, -0.05) is 172 Å². The van der Waals surface area contributed by atoms with Crippen molar-refractivity contribution < 1.29 is 17.9 Å². The average molecular weight is 1090 g/mol.